The van der Waals surface area contributed by atoms with Crippen LogP contribution in [-0.2, 0) is 15.3 Å². The van der Waals surface area contributed by atoms with E-state index in [0.717, 1.165) is 22.4 Å². The Kier molecular flexibility index (Phi) is 6.44. The Bertz CT molecular complexity index is 845. The van der Waals surface area contributed by atoms with Gasteiger partial charge in [0.05, 0.1) is 7.11 Å². The van der Waals surface area contributed by atoms with Crippen LogP contribution >= 0.6 is 11.8 Å². The first kappa shape index (κ1) is 18.8. The van der Waals surface area contributed by atoms with Crippen LogP contribution in [0.5, 0.6) is 0 Å². The Morgan fingerprint density at radius 1 is 1.16 bits per heavy atom. The highest BCUT2D eigenvalue weighted by Crippen LogP contribution is 2.28. The molecule has 0 radical (unpaired) electrons. The summed E-state index contributed by atoms with van der Waals surface area (Å²) in [4.78, 5) is 12.9. The highest BCUT2D eigenvalue weighted by atomic mass is 32.2. The summed E-state index contributed by atoms with van der Waals surface area (Å²) in [6, 6.07) is 14.5. The lowest BCUT2D eigenvalue weighted by Gasteiger charge is -2.11. The number of carbonyl (C=O) groups is 1. The summed E-state index contributed by atoms with van der Waals surface area (Å²) < 4.78 is 4.66. The highest BCUT2D eigenvalue weighted by molar-refractivity contribution is 7.98. The van der Waals surface area contributed by atoms with Crippen molar-refractivity contribution in [3.63, 3.8) is 0 Å². The number of carbonyl (C=O) groups excluding carboxylic acids is 1. The molecule has 2 aromatic carbocycles. The van der Waals surface area contributed by atoms with Gasteiger partial charge in [0.25, 0.3) is 0 Å². The first-order chi connectivity index (χ1) is 11.9. The van der Waals surface area contributed by atoms with Gasteiger partial charge in [0.15, 0.2) is 0 Å². The smallest absolute Gasteiger partial charge is 0.348 e. The van der Waals surface area contributed by atoms with E-state index in [1.54, 1.807) is 17.8 Å². The molecule has 0 aliphatic rings. The average Bonchev–Trinajstić information content (AvgIpc) is 2.61. The van der Waals surface area contributed by atoms with Crippen molar-refractivity contribution in [1.29, 1.82) is 5.26 Å². The van der Waals surface area contributed by atoms with Crippen LogP contribution < -0.4 is 0 Å². The number of aryl methyl sites for hydroxylation is 2. The van der Waals surface area contributed by atoms with E-state index in [-0.39, 0.29) is 5.57 Å². The molecule has 0 aliphatic carbocycles. The third-order valence-electron chi connectivity index (χ3n) is 3.94. The van der Waals surface area contributed by atoms with Crippen LogP contribution in [0.15, 0.2) is 46.9 Å². The second-order valence-electron chi connectivity index (χ2n) is 5.90. The van der Waals surface area contributed by atoms with Crippen molar-refractivity contribution in [2.45, 2.75) is 31.4 Å². The number of rotatable bonds is 5. The maximum Gasteiger partial charge on any atom is 0.348 e. The normalized spacial score (nSPS) is 11.1. The third kappa shape index (κ3) is 4.98. The number of esters is 1. The predicted octanol–water partition coefficient (Wildman–Crippen LogP) is 4.98. The van der Waals surface area contributed by atoms with Crippen molar-refractivity contribution in [2.75, 3.05) is 7.11 Å². The van der Waals surface area contributed by atoms with E-state index < -0.39 is 5.97 Å². The van der Waals surface area contributed by atoms with E-state index in [0.29, 0.717) is 0 Å². The summed E-state index contributed by atoms with van der Waals surface area (Å²) in [6.45, 7) is 6.11. The van der Waals surface area contributed by atoms with Crippen LogP contribution in [0.2, 0.25) is 0 Å². The molecule has 0 saturated heterocycles. The molecular weight excluding hydrogens is 330 g/mol. The van der Waals surface area contributed by atoms with Gasteiger partial charge in [-0.15, -0.1) is 11.8 Å². The number of methoxy groups -OCH3 is 1. The van der Waals surface area contributed by atoms with E-state index in [2.05, 4.69) is 42.0 Å². The average molecular weight is 351 g/mol. The summed E-state index contributed by atoms with van der Waals surface area (Å²) in [6.07, 6.45) is 1.61. The molecule has 0 heterocycles. The highest BCUT2D eigenvalue weighted by Gasteiger charge is 2.11. The fourth-order valence-electron chi connectivity index (χ4n) is 2.46. The molecule has 2 rings (SSSR count). The second kappa shape index (κ2) is 8.55. The van der Waals surface area contributed by atoms with Crippen molar-refractivity contribution >= 4 is 23.8 Å². The lowest BCUT2D eigenvalue weighted by Crippen LogP contribution is -2.03. The zero-order valence-corrected chi connectivity index (χ0v) is 15.7. The van der Waals surface area contributed by atoms with Crippen LogP contribution in [0.25, 0.3) is 6.08 Å². The van der Waals surface area contributed by atoms with Gasteiger partial charge in [0, 0.05) is 10.6 Å². The third-order valence-corrected chi connectivity index (χ3v) is 5.00. The molecule has 0 saturated carbocycles. The molecule has 0 bridgehead atoms. The van der Waals surface area contributed by atoms with Gasteiger partial charge in [-0.25, -0.2) is 4.79 Å². The molecule has 4 heteroatoms. The molecule has 0 atom stereocenters. The predicted molar refractivity (Wildman–Crippen MR) is 102 cm³/mol. The van der Waals surface area contributed by atoms with E-state index >= 15 is 0 Å². The SMILES string of the molecule is COC(=O)/C(C#N)=C/c1cc(C)cc(CSc2ccc(C)cc2)c1C. The summed E-state index contributed by atoms with van der Waals surface area (Å²) in [5.74, 6) is 0.219. The fraction of sp³-hybridized carbons (Fsp3) is 0.238. The van der Waals surface area contributed by atoms with Gasteiger partial charge in [0.2, 0.25) is 0 Å². The quantitative estimate of drug-likeness (QED) is 0.330. The minimum atomic E-state index is -0.612. The molecule has 25 heavy (non-hydrogen) atoms. The van der Waals surface area contributed by atoms with Crippen LogP contribution in [0.3, 0.4) is 0 Å². The van der Waals surface area contributed by atoms with Crippen LogP contribution in [-0.4, -0.2) is 13.1 Å². The number of thioether (sulfide) groups is 1. The van der Waals surface area contributed by atoms with Crippen molar-refractivity contribution in [3.8, 4) is 6.07 Å². The summed E-state index contributed by atoms with van der Waals surface area (Å²) in [5.41, 5.74) is 5.49. The maximum atomic E-state index is 11.6. The minimum Gasteiger partial charge on any atom is -0.465 e. The van der Waals surface area contributed by atoms with Crippen LogP contribution in [0.1, 0.15) is 27.8 Å². The number of hydrogen-bond acceptors (Lipinski definition) is 4. The van der Waals surface area contributed by atoms with Gasteiger partial charge in [-0.1, -0.05) is 35.4 Å². The lowest BCUT2D eigenvalue weighted by atomic mass is 9.98. The molecule has 2 aromatic rings. The van der Waals surface area contributed by atoms with Gasteiger partial charge >= 0.3 is 5.97 Å². The largest absolute Gasteiger partial charge is 0.465 e. The van der Waals surface area contributed by atoms with E-state index in [4.69, 9.17) is 5.26 Å². The Morgan fingerprint density at radius 2 is 1.84 bits per heavy atom. The Labute approximate surface area is 153 Å². The Balaban J connectivity index is 2.30. The summed E-state index contributed by atoms with van der Waals surface area (Å²) >= 11 is 1.77. The molecule has 0 amide bonds. The van der Waals surface area contributed by atoms with Crippen molar-refractivity contribution in [2.24, 2.45) is 0 Å². The van der Waals surface area contributed by atoms with E-state index in [9.17, 15) is 4.79 Å². The van der Waals surface area contributed by atoms with Gasteiger partial charge in [0.1, 0.15) is 11.6 Å². The van der Waals surface area contributed by atoms with Gasteiger partial charge in [-0.05, 0) is 55.7 Å². The fourth-order valence-corrected chi connectivity index (χ4v) is 3.41. The molecule has 3 nitrogen and oxygen atoms in total. The zero-order chi connectivity index (χ0) is 18.4. The standard InChI is InChI=1S/C21H21NO2S/c1-14-5-7-20(8-6-14)25-13-19-10-15(2)9-17(16(19)3)11-18(12-22)21(23)24-4/h5-11H,13H2,1-4H3/b18-11+. The first-order valence-electron chi connectivity index (χ1n) is 7.94. The molecule has 0 fully saturated rings. The summed E-state index contributed by atoms with van der Waals surface area (Å²) in [7, 11) is 1.28. The monoisotopic (exact) mass is 351 g/mol. The number of nitrogens with zero attached hydrogens (tertiary/aromatic N) is 1. The zero-order valence-electron chi connectivity index (χ0n) is 14.9. The molecule has 0 N–H and O–H groups in total. The molecule has 0 aliphatic heterocycles. The Hall–Kier alpha value is -2.51. The van der Waals surface area contributed by atoms with E-state index in [1.165, 1.54) is 23.1 Å². The maximum absolute atomic E-state index is 11.6. The number of nitriles is 1. The Morgan fingerprint density at radius 3 is 2.44 bits per heavy atom. The molecule has 0 aromatic heterocycles. The van der Waals surface area contributed by atoms with Crippen molar-refractivity contribution in [1.82, 2.24) is 0 Å². The summed E-state index contributed by atoms with van der Waals surface area (Å²) in [5, 5.41) is 9.17. The topological polar surface area (TPSA) is 50.1 Å². The van der Waals surface area contributed by atoms with Crippen LogP contribution in [0, 0.1) is 32.1 Å². The van der Waals surface area contributed by atoms with Gasteiger partial charge < -0.3 is 4.74 Å². The minimum absolute atomic E-state index is 0.00772. The van der Waals surface area contributed by atoms with Gasteiger partial charge in [-0.2, -0.15) is 5.26 Å². The molecule has 128 valence electrons. The van der Waals surface area contributed by atoms with Crippen LogP contribution in [0.4, 0.5) is 0 Å². The molecular formula is C21H21NO2S. The second-order valence-corrected chi connectivity index (χ2v) is 6.95. The number of hydrogen-bond donors (Lipinski definition) is 0. The van der Waals surface area contributed by atoms with E-state index in [1.807, 2.05) is 26.0 Å². The lowest BCUT2D eigenvalue weighted by molar-refractivity contribution is -0.135. The molecule has 0 unspecified atom stereocenters. The molecule has 0 spiro atoms. The number of ether oxygens (including phenoxy) is 1. The van der Waals surface area contributed by atoms with Crippen molar-refractivity contribution < 1.29 is 9.53 Å². The van der Waals surface area contributed by atoms with Crippen molar-refractivity contribution in [3.05, 3.63) is 69.8 Å². The van der Waals surface area contributed by atoms with Gasteiger partial charge in [-0.3, -0.25) is 0 Å². The first-order valence-corrected chi connectivity index (χ1v) is 8.93. The number of benzene rings is 2.